The standard InChI is InChI=1S/C20H22ClNO3/c1-12-5-7-14-16(11-20(2,3)25-18(14)9-12)22-19(23)13-6-8-17(24-4)15(21)10-13/h5-10,16H,11H2,1-4H3,(H,22,23)/t16-/m0/s1. The molecule has 4 nitrogen and oxygen atoms in total. The third-order valence-electron chi connectivity index (χ3n) is 4.35. The number of rotatable bonds is 3. The van der Waals surface area contributed by atoms with Crippen molar-refractivity contribution in [3.8, 4) is 11.5 Å². The fraction of sp³-hybridized carbons (Fsp3) is 0.350. The number of amides is 1. The van der Waals surface area contributed by atoms with Gasteiger partial charge in [-0.3, -0.25) is 4.79 Å². The molecule has 132 valence electrons. The van der Waals surface area contributed by atoms with Crippen molar-refractivity contribution in [1.29, 1.82) is 0 Å². The average Bonchev–Trinajstić information content (AvgIpc) is 2.53. The van der Waals surface area contributed by atoms with Crippen LogP contribution in [0.1, 0.15) is 47.8 Å². The number of carbonyl (C=O) groups is 1. The maximum atomic E-state index is 12.7. The summed E-state index contributed by atoms with van der Waals surface area (Å²) in [5.74, 6) is 1.21. The molecule has 1 N–H and O–H groups in total. The third kappa shape index (κ3) is 3.74. The van der Waals surface area contributed by atoms with E-state index in [0.717, 1.165) is 16.9 Å². The van der Waals surface area contributed by atoms with Gasteiger partial charge in [-0.05, 0) is 50.6 Å². The second-order valence-corrected chi connectivity index (χ2v) is 7.39. The normalized spacial score (nSPS) is 18.0. The summed E-state index contributed by atoms with van der Waals surface area (Å²) in [7, 11) is 1.55. The monoisotopic (exact) mass is 359 g/mol. The zero-order chi connectivity index (χ0) is 18.2. The van der Waals surface area contributed by atoms with Gasteiger partial charge in [0.15, 0.2) is 0 Å². The number of nitrogens with one attached hydrogen (secondary N) is 1. The van der Waals surface area contributed by atoms with E-state index in [4.69, 9.17) is 21.1 Å². The van der Waals surface area contributed by atoms with Crippen LogP contribution in [0.4, 0.5) is 0 Å². The Morgan fingerprint density at radius 3 is 2.72 bits per heavy atom. The molecule has 1 aliphatic heterocycles. The second-order valence-electron chi connectivity index (χ2n) is 6.98. The van der Waals surface area contributed by atoms with Crippen LogP contribution in [0.25, 0.3) is 0 Å². The highest BCUT2D eigenvalue weighted by atomic mass is 35.5. The van der Waals surface area contributed by atoms with Gasteiger partial charge in [0.25, 0.3) is 5.91 Å². The number of benzene rings is 2. The average molecular weight is 360 g/mol. The summed E-state index contributed by atoms with van der Waals surface area (Å²) in [6.07, 6.45) is 0.693. The Labute approximate surface area is 153 Å². The van der Waals surface area contributed by atoms with Gasteiger partial charge in [-0.15, -0.1) is 0 Å². The molecule has 2 aromatic carbocycles. The van der Waals surface area contributed by atoms with Crippen molar-refractivity contribution in [2.75, 3.05) is 7.11 Å². The molecular weight excluding hydrogens is 338 g/mol. The number of fused-ring (bicyclic) bond motifs is 1. The maximum Gasteiger partial charge on any atom is 0.251 e. The molecule has 0 saturated heterocycles. The predicted octanol–water partition coefficient (Wildman–Crippen LogP) is 4.69. The van der Waals surface area contributed by atoms with E-state index in [2.05, 4.69) is 5.32 Å². The molecule has 1 atom stereocenters. The lowest BCUT2D eigenvalue weighted by atomic mass is 9.89. The van der Waals surface area contributed by atoms with E-state index in [-0.39, 0.29) is 17.6 Å². The fourth-order valence-corrected chi connectivity index (χ4v) is 3.39. The van der Waals surface area contributed by atoms with Gasteiger partial charge in [0.05, 0.1) is 18.2 Å². The number of methoxy groups -OCH3 is 1. The summed E-state index contributed by atoms with van der Waals surface area (Å²) in [4.78, 5) is 12.7. The first-order chi connectivity index (χ1) is 11.8. The van der Waals surface area contributed by atoms with Crippen LogP contribution in [-0.4, -0.2) is 18.6 Å². The number of aryl methyl sites for hydroxylation is 1. The molecule has 0 aromatic heterocycles. The number of ether oxygens (including phenoxy) is 2. The molecule has 2 aromatic rings. The van der Waals surface area contributed by atoms with Crippen molar-refractivity contribution in [3.63, 3.8) is 0 Å². The first kappa shape index (κ1) is 17.6. The molecule has 5 heteroatoms. The van der Waals surface area contributed by atoms with Gasteiger partial charge in [0.2, 0.25) is 0 Å². The summed E-state index contributed by atoms with van der Waals surface area (Å²) >= 11 is 6.14. The highest BCUT2D eigenvalue weighted by molar-refractivity contribution is 6.32. The van der Waals surface area contributed by atoms with Crippen LogP contribution in [-0.2, 0) is 0 Å². The smallest absolute Gasteiger partial charge is 0.251 e. The van der Waals surface area contributed by atoms with Gasteiger partial charge < -0.3 is 14.8 Å². The van der Waals surface area contributed by atoms with E-state index in [1.54, 1.807) is 25.3 Å². The van der Waals surface area contributed by atoms with E-state index < -0.39 is 0 Å². The largest absolute Gasteiger partial charge is 0.495 e. The van der Waals surface area contributed by atoms with Crippen molar-refractivity contribution >= 4 is 17.5 Å². The molecule has 25 heavy (non-hydrogen) atoms. The Hall–Kier alpha value is -2.20. The quantitative estimate of drug-likeness (QED) is 0.864. The molecule has 1 aliphatic rings. The first-order valence-electron chi connectivity index (χ1n) is 8.23. The van der Waals surface area contributed by atoms with Gasteiger partial charge in [0.1, 0.15) is 17.1 Å². The zero-order valence-electron chi connectivity index (χ0n) is 14.9. The highest BCUT2D eigenvalue weighted by Crippen LogP contribution is 2.40. The van der Waals surface area contributed by atoms with Crippen molar-refractivity contribution in [3.05, 3.63) is 58.1 Å². The minimum absolute atomic E-state index is 0.118. The van der Waals surface area contributed by atoms with E-state index in [1.807, 2.05) is 39.0 Å². The lowest BCUT2D eigenvalue weighted by Crippen LogP contribution is -2.41. The summed E-state index contributed by atoms with van der Waals surface area (Å²) in [5, 5.41) is 3.53. The van der Waals surface area contributed by atoms with Crippen LogP contribution in [0.15, 0.2) is 36.4 Å². The van der Waals surface area contributed by atoms with E-state index >= 15 is 0 Å². The topological polar surface area (TPSA) is 47.6 Å². The van der Waals surface area contributed by atoms with Gasteiger partial charge in [-0.2, -0.15) is 0 Å². The highest BCUT2D eigenvalue weighted by Gasteiger charge is 2.34. The molecule has 0 unspecified atom stereocenters. The van der Waals surface area contributed by atoms with Crippen LogP contribution in [0.3, 0.4) is 0 Å². The van der Waals surface area contributed by atoms with Crippen molar-refractivity contribution in [2.24, 2.45) is 0 Å². The molecule has 0 spiro atoms. The predicted molar refractivity (Wildman–Crippen MR) is 98.7 cm³/mol. The van der Waals surface area contributed by atoms with Crippen LogP contribution < -0.4 is 14.8 Å². The second kappa shape index (κ2) is 6.60. The van der Waals surface area contributed by atoms with Gasteiger partial charge in [-0.25, -0.2) is 0 Å². The molecule has 0 aliphatic carbocycles. The Bertz CT molecular complexity index is 817. The summed E-state index contributed by atoms with van der Waals surface area (Å²) < 4.78 is 11.2. The number of halogens is 1. The minimum Gasteiger partial charge on any atom is -0.495 e. The molecule has 0 saturated carbocycles. The van der Waals surface area contributed by atoms with Crippen molar-refractivity contribution in [1.82, 2.24) is 5.32 Å². The minimum atomic E-state index is -0.351. The van der Waals surface area contributed by atoms with Gasteiger partial charge >= 0.3 is 0 Å². The first-order valence-corrected chi connectivity index (χ1v) is 8.61. The molecule has 0 fully saturated rings. The number of hydrogen-bond donors (Lipinski definition) is 1. The lowest BCUT2D eigenvalue weighted by Gasteiger charge is -2.38. The van der Waals surface area contributed by atoms with Crippen LogP contribution >= 0.6 is 11.6 Å². The van der Waals surface area contributed by atoms with Crippen molar-refractivity contribution < 1.29 is 14.3 Å². The lowest BCUT2D eigenvalue weighted by molar-refractivity contribution is 0.0619. The van der Waals surface area contributed by atoms with Crippen LogP contribution in [0.5, 0.6) is 11.5 Å². The third-order valence-corrected chi connectivity index (χ3v) is 4.64. The molecule has 0 radical (unpaired) electrons. The summed E-state index contributed by atoms with van der Waals surface area (Å²) in [6.45, 7) is 6.08. The van der Waals surface area contributed by atoms with E-state index in [9.17, 15) is 4.79 Å². The van der Waals surface area contributed by atoms with E-state index in [1.165, 1.54) is 0 Å². The number of hydrogen-bond acceptors (Lipinski definition) is 3. The van der Waals surface area contributed by atoms with Gasteiger partial charge in [-0.1, -0.05) is 23.7 Å². The van der Waals surface area contributed by atoms with Gasteiger partial charge in [0, 0.05) is 17.5 Å². The Balaban J connectivity index is 1.87. The van der Waals surface area contributed by atoms with Crippen molar-refractivity contribution in [2.45, 2.75) is 38.8 Å². The fourth-order valence-electron chi connectivity index (χ4n) is 3.14. The zero-order valence-corrected chi connectivity index (χ0v) is 15.6. The van der Waals surface area contributed by atoms with E-state index in [0.29, 0.717) is 22.8 Å². The summed E-state index contributed by atoms with van der Waals surface area (Å²) in [6, 6.07) is 11.0. The Morgan fingerprint density at radius 1 is 1.28 bits per heavy atom. The number of carbonyl (C=O) groups excluding carboxylic acids is 1. The maximum absolute atomic E-state index is 12.7. The van der Waals surface area contributed by atoms with Crippen LogP contribution in [0.2, 0.25) is 5.02 Å². The molecule has 1 heterocycles. The molecule has 1 amide bonds. The Morgan fingerprint density at radius 2 is 2.04 bits per heavy atom. The molecular formula is C20H22ClNO3. The Kier molecular flexibility index (Phi) is 4.65. The molecule has 0 bridgehead atoms. The summed E-state index contributed by atoms with van der Waals surface area (Å²) in [5.41, 5.74) is 2.28. The molecule has 3 rings (SSSR count). The SMILES string of the molecule is COc1ccc(C(=O)N[C@H]2CC(C)(C)Oc3cc(C)ccc32)cc1Cl. The van der Waals surface area contributed by atoms with Crippen LogP contribution in [0, 0.1) is 6.92 Å².